The smallest absolute Gasteiger partial charge is 0.209 e. The summed E-state index contributed by atoms with van der Waals surface area (Å²) in [4.78, 5) is 3.08. The quantitative estimate of drug-likeness (QED) is 0.290. The van der Waals surface area contributed by atoms with Crippen LogP contribution in [0, 0.1) is 0 Å². The number of quaternary nitrogens is 1. The van der Waals surface area contributed by atoms with Crippen LogP contribution in [0.15, 0.2) is 17.6 Å². The minimum absolute atomic E-state index is 0. The van der Waals surface area contributed by atoms with Gasteiger partial charge in [0, 0.05) is 13.7 Å². The number of rotatable bonds is 4. The third kappa shape index (κ3) is 3.17. The van der Waals surface area contributed by atoms with Crippen LogP contribution in [0.3, 0.4) is 0 Å². The van der Waals surface area contributed by atoms with Gasteiger partial charge >= 0.3 is 0 Å². The van der Waals surface area contributed by atoms with Gasteiger partial charge in [-0.1, -0.05) is 5.16 Å². The lowest BCUT2D eigenvalue weighted by molar-refractivity contribution is -0.885. The van der Waals surface area contributed by atoms with Gasteiger partial charge in [-0.3, -0.25) is 4.90 Å². The maximum absolute atomic E-state index is 8.45. The van der Waals surface area contributed by atoms with Crippen molar-refractivity contribution < 1.29 is 27.3 Å². The van der Waals surface area contributed by atoms with Crippen LogP contribution < -0.4 is 17.3 Å². The van der Waals surface area contributed by atoms with Gasteiger partial charge in [-0.2, -0.15) is 0 Å². The Balaban J connectivity index is 0.00000169. The molecule has 0 fully saturated rings. The number of hydrogen-bond donors (Lipinski definition) is 2. The van der Waals surface area contributed by atoms with E-state index >= 15 is 0 Å². The molecule has 0 aromatic rings. The molecule has 1 aliphatic rings. The van der Waals surface area contributed by atoms with Gasteiger partial charge in [0.25, 0.3) is 0 Å². The van der Waals surface area contributed by atoms with Crippen molar-refractivity contribution in [3.8, 4) is 0 Å². The predicted molar refractivity (Wildman–Crippen MR) is 48.4 cm³/mol. The monoisotopic (exact) mass is 221 g/mol. The zero-order valence-electron chi connectivity index (χ0n) is 8.35. The molecule has 0 spiro atoms. The molecule has 82 valence electrons. The van der Waals surface area contributed by atoms with Gasteiger partial charge in [0.2, 0.25) is 6.17 Å². The molecule has 0 saturated heterocycles. The van der Waals surface area contributed by atoms with Gasteiger partial charge in [-0.05, 0) is 6.92 Å². The third-order valence-electron chi connectivity index (χ3n) is 2.02. The van der Waals surface area contributed by atoms with Crippen LogP contribution in [0.1, 0.15) is 6.92 Å². The first-order chi connectivity index (χ1) is 6.29. The van der Waals surface area contributed by atoms with Crippen LogP contribution in [0.25, 0.3) is 0 Å². The zero-order valence-corrected chi connectivity index (χ0v) is 9.11. The van der Waals surface area contributed by atoms with E-state index in [9.17, 15) is 0 Å². The predicted octanol–water partition coefficient (Wildman–Crippen LogP) is -3.93. The first-order valence-corrected chi connectivity index (χ1v) is 4.30. The minimum atomic E-state index is 0. The lowest BCUT2D eigenvalue weighted by Gasteiger charge is -2.20. The molecule has 1 aliphatic heterocycles. The Bertz CT molecular complexity index is 211. The van der Waals surface area contributed by atoms with E-state index in [1.54, 1.807) is 0 Å². The fourth-order valence-corrected chi connectivity index (χ4v) is 1.28. The average molecular weight is 222 g/mol. The van der Waals surface area contributed by atoms with E-state index in [4.69, 9.17) is 9.94 Å². The van der Waals surface area contributed by atoms with Crippen molar-refractivity contribution in [2.24, 2.45) is 5.16 Å². The maximum atomic E-state index is 8.45. The highest BCUT2D eigenvalue weighted by atomic mass is 35.5. The molecule has 2 atom stereocenters. The fraction of sp³-hybridized carbons (Fsp3) is 0.625. The van der Waals surface area contributed by atoms with Gasteiger partial charge in [0.15, 0.2) is 6.73 Å². The molecule has 6 heteroatoms. The molecule has 0 saturated carbocycles. The Labute approximate surface area is 90.0 Å². The molecule has 0 aliphatic carbocycles. The van der Waals surface area contributed by atoms with Crippen LogP contribution in [0.2, 0.25) is 0 Å². The van der Waals surface area contributed by atoms with Crippen molar-refractivity contribution in [1.29, 1.82) is 0 Å². The molecule has 1 heterocycles. The third-order valence-corrected chi connectivity index (χ3v) is 2.02. The average Bonchev–Trinajstić information content (AvgIpc) is 2.46. The normalized spacial score (nSPS) is 25.7. The highest BCUT2D eigenvalue weighted by Gasteiger charge is 2.26. The summed E-state index contributed by atoms with van der Waals surface area (Å²) in [6.07, 6.45) is 5.47. The van der Waals surface area contributed by atoms with E-state index < -0.39 is 0 Å². The second-order valence-corrected chi connectivity index (χ2v) is 2.90. The molecule has 1 rings (SSSR count). The van der Waals surface area contributed by atoms with Crippen molar-refractivity contribution in [3.05, 3.63) is 12.4 Å². The lowest BCUT2D eigenvalue weighted by Crippen LogP contribution is -3.12. The highest BCUT2D eigenvalue weighted by molar-refractivity contribution is 5.61. The largest absolute Gasteiger partial charge is 1.00 e. The van der Waals surface area contributed by atoms with Gasteiger partial charge in [-0.25, -0.2) is 0 Å². The van der Waals surface area contributed by atoms with Crippen LogP contribution in [-0.2, 0) is 4.74 Å². The topological polar surface area (TPSA) is 49.5 Å². The molecular weight excluding hydrogens is 206 g/mol. The summed E-state index contributed by atoms with van der Waals surface area (Å²) in [6.45, 7) is 3.25. The lowest BCUT2D eigenvalue weighted by atomic mass is 10.5. The number of oxime groups is 1. The number of ether oxygens (including phenoxy) is 1. The molecule has 0 aromatic carbocycles. The fourth-order valence-electron chi connectivity index (χ4n) is 1.28. The van der Waals surface area contributed by atoms with Crippen LogP contribution in [-0.4, -0.2) is 42.9 Å². The second kappa shape index (κ2) is 6.64. The Hall–Kier alpha value is -0.780. The molecule has 2 unspecified atom stereocenters. The van der Waals surface area contributed by atoms with Crippen LogP contribution >= 0.6 is 0 Å². The summed E-state index contributed by atoms with van der Waals surface area (Å²) < 4.78 is 5.28. The molecule has 0 radical (unpaired) electrons. The van der Waals surface area contributed by atoms with Crippen molar-refractivity contribution in [1.82, 2.24) is 4.90 Å². The van der Waals surface area contributed by atoms with E-state index in [2.05, 4.69) is 5.16 Å². The molecule has 0 aromatic heterocycles. The standard InChI is InChI=1S/C8H15N3O2.ClH/c1-3-13-7-11-5-4-10(2)8(11)6-9-12;/h4-6,8,12H,3,7H2,1-2H3;1H/b9-6-;. The van der Waals surface area contributed by atoms with E-state index in [-0.39, 0.29) is 18.6 Å². The Morgan fingerprint density at radius 2 is 2.43 bits per heavy atom. The molecule has 0 bridgehead atoms. The van der Waals surface area contributed by atoms with E-state index in [0.717, 1.165) is 4.90 Å². The van der Waals surface area contributed by atoms with Gasteiger partial charge < -0.3 is 27.3 Å². The summed E-state index contributed by atoms with van der Waals surface area (Å²) in [5, 5.41) is 11.5. The van der Waals surface area contributed by atoms with Crippen LogP contribution in [0.4, 0.5) is 0 Å². The molecule has 5 nitrogen and oxygen atoms in total. The summed E-state index contributed by atoms with van der Waals surface area (Å²) in [5.74, 6) is 0. The zero-order chi connectivity index (χ0) is 9.68. The summed E-state index contributed by atoms with van der Waals surface area (Å²) in [7, 11) is 1.93. The number of halogens is 1. The minimum Gasteiger partial charge on any atom is -1.00 e. The first kappa shape index (κ1) is 13.2. The second-order valence-electron chi connectivity index (χ2n) is 2.90. The highest BCUT2D eigenvalue weighted by Crippen LogP contribution is 1.92. The summed E-state index contributed by atoms with van der Waals surface area (Å²) in [5.41, 5.74) is 0. The Morgan fingerprint density at radius 1 is 1.71 bits per heavy atom. The summed E-state index contributed by atoms with van der Waals surface area (Å²) in [6, 6.07) is 0. The summed E-state index contributed by atoms with van der Waals surface area (Å²) >= 11 is 0. The van der Waals surface area contributed by atoms with Gasteiger partial charge in [-0.15, -0.1) is 0 Å². The van der Waals surface area contributed by atoms with Crippen LogP contribution in [0.5, 0.6) is 0 Å². The Morgan fingerprint density at radius 3 is 3.00 bits per heavy atom. The van der Waals surface area contributed by atoms with Crippen molar-refractivity contribution in [2.75, 3.05) is 20.4 Å². The molecule has 14 heavy (non-hydrogen) atoms. The van der Waals surface area contributed by atoms with E-state index in [1.807, 2.05) is 31.3 Å². The number of hydrogen-bond acceptors (Lipinski definition) is 4. The van der Waals surface area contributed by atoms with Gasteiger partial charge in [0.05, 0.1) is 6.20 Å². The number of nitrogens with zero attached hydrogens (tertiary/aromatic N) is 2. The van der Waals surface area contributed by atoms with E-state index in [0.29, 0.717) is 13.3 Å². The van der Waals surface area contributed by atoms with E-state index in [1.165, 1.54) is 6.21 Å². The van der Waals surface area contributed by atoms with Crippen molar-refractivity contribution in [2.45, 2.75) is 13.1 Å². The molecule has 0 amide bonds. The van der Waals surface area contributed by atoms with Crippen molar-refractivity contribution in [3.63, 3.8) is 0 Å². The first-order valence-electron chi connectivity index (χ1n) is 4.30. The van der Waals surface area contributed by atoms with Gasteiger partial charge in [0.1, 0.15) is 12.4 Å². The molecular formula is C8H16ClN3O2. The SMILES string of the molecule is CCOC[NH+]1C=CN(C)C1/C=N\O.[Cl-]. The maximum Gasteiger partial charge on any atom is 0.209 e. The Kier molecular flexibility index (Phi) is 6.27. The van der Waals surface area contributed by atoms with Crippen molar-refractivity contribution >= 4 is 6.21 Å². The number of nitrogens with one attached hydrogen (secondary N) is 1. The molecule has 2 N–H and O–H groups in total.